The first-order chi connectivity index (χ1) is 10.5. The van der Waals surface area contributed by atoms with Crippen LogP contribution in [0.4, 0.5) is 0 Å². The van der Waals surface area contributed by atoms with Gasteiger partial charge in [-0.3, -0.25) is 9.79 Å². The minimum atomic E-state index is -0.797. The summed E-state index contributed by atoms with van der Waals surface area (Å²) in [6, 6.07) is 18.3. The summed E-state index contributed by atoms with van der Waals surface area (Å²) in [4.78, 5) is 15.5. The van der Waals surface area contributed by atoms with Gasteiger partial charge in [-0.15, -0.1) is 0 Å². The van der Waals surface area contributed by atoms with Crippen molar-refractivity contribution in [2.75, 3.05) is 7.05 Å². The largest absolute Gasteiger partial charge is 0.481 e. The van der Waals surface area contributed by atoms with Gasteiger partial charge in [0.25, 0.3) is 0 Å². The predicted octanol–water partition coefficient (Wildman–Crippen LogP) is 4.13. The summed E-state index contributed by atoms with van der Waals surface area (Å²) in [6.45, 7) is 3.63. The second kappa shape index (κ2) is 7.03. The lowest BCUT2D eigenvalue weighted by Crippen LogP contribution is -2.26. The molecule has 3 heteroatoms. The van der Waals surface area contributed by atoms with Crippen LogP contribution in [0.3, 0.4) is 0 Å². The van der Waals surface area contributed by atoms with E-state index in [9.17, 15) is 9.90 Å². The lowest BCUT2D eigenvalue weighted by atomic mass is 9.87. The van der Waals surface area contributed by atoms with E-state index in [4.69, 9.17) is 0 Å². The average Bonchev–Trinajstić information content (AvgIpc) is 2.56. The van der Waals surface area contributed by atoms with Gasteiger partial charge in [0, 0.05) is 18.7 Å². The zero-order valence-corrected chi connectivity index (χ0v) is 13.2. The average molecular weight is 295 g/mol. The second-order valence-electron chi connectivity index (χ2n) is 5.47. The molecule has 0 aliphatic carbocycles. The van der Waals surface area contributed by atoms with Gasteiger partial charge >= 0.3 is 5.97 Å². The van der Waals surface area contributed by atoms with Gasteiger partial charge in [-0.2, -0.15) is 0 Å². The van der Waals surface area contributed by atoms with Gasteiger partial charge in [-0.25, -0.2) is 0 Å². The summed E-state index contributed by atoms with van der Waals surface area (Å²) in [5.41, 5.74) is 4.10. The van der Waals surface area contributed by atoms with Crippen molar-refractivity contribution in [1.82, 2.24) is 0 Å². The first kappa shape index (κ1) is 16.0. The Morgan fingerprint density at radius 2 is 1.45 bits per heavy atom. The van der Waals surface area contributed by atoms with Gasteiger partial charge in [0.2, 0.25) is 0 Å². The van der Waals surface area contributed by atoms with E-state index in [1.807, 2.05) is 49.4 Å². The van der Waals surface area contributed by atoms with Gasteiger partial charge in [0.05, 0.1) is 5.92 Å². The lowest BCUT2D eigenvalue weighted by Gasteiger charge is -2.19. The van der Waals surface area contributed by atoms with Gasteiger partial charge in [-0.05, 0) is 16.7 Å². The SMILES string of the molecule is CN=C(c1ccc(-c2ccccc2)cc1)C(C)C(C)C(=O)O. The van der Waals surface area contributed by atoms with Crippen molar-refractivity contribution in [3.05, 3.63) is 60.2 Å². The van der Waals surface area contributed by atoms with Gasteiger partial charge < -0.3 is 5.11 Å². The summed E-state index contributed by atoms with van der Waals surface area (Å²) in [7, 11) is 1.71. The Bertz CT molecular complexity index is 660. The molecule has 0 radical (unpaired) electrons. The van der Waals surface area contributed by atoms with Crippen LogP contribution in [-0.2, 0) is 4.79 Å². The third-order valence-corrected chi connectivity index (χ3v) is 4.10. The normalized spacial score (nSPS) is 14.4. The molecular weight excluding hydrogens is 274 g/mol. The van der Waals surface area contributed by atoms with Crippen molar-refractivity contribution in [2.24, 2.45) is 16.8 Å². The maximum Gasteiger partial charge on any atom is 0.306 e. The van der Waals surface area contributed by atoms with Crippen LogP contribution in [0.25, 0.3) is 11.1 Å². The maximum atomic E-state index is 11.2. The van der Waals surface area contributed by atoms with Crippen LogP contribution in [0.5, 0.6) is 0 Å². The van der Waals surface area contributed by atoms with E-state index < -0.39 is 11.9 Å². The Balaban J connectivity index is 2.27. The molecular formula is C19H21NO2. The Hall–Kier alpha value is -2.42. The zero-order chi connectivity index (χ0) is 16.1. The number of rotatable bonds is 5. The highest BCUT2D eigenvalue weighted by atomic mass is 16.4. The first-order valence-corrected chi connectivity index (χ1v) is 7.40. The van der Waals surface area contributed by atoms with Crippen LogP contribution in [0.15, 0.2) is 59.6 Å². The molecule has 0 bridgehead atoms. The highest BCUT2D eigenvalue weighted by molar-refractivity contribution is 6.03. The molecule has 1 N–H and O–H groups in total. The molecule has 2 aromatic carbocycles. The third-order valence-electron chi connectivity index (χ3n) is 4.10. The number of hydrogen-bond donors (Lipinski definition) is 1. The summed E-state index contributed by atoms with van der Waals surface area (Å²) in [5, 5.41) is 9.18. The maximum absolute atomic E-state index is 11.2. The van der Waals surface area contributed by atoms with Crippen molar-refractivity contribution in [2.45, 2.75) is 13.8 Å². The van der Waals surface area contributed by atoms with Crippen LogP contribution in [0.1, 0.15) is 19.4 Å². The molecule has 0 aliphatic rings. The molecule has 3 nitrogen and oxygen atoms in total. The number of aliphatic imine (C=N–C) groups is 1. The fraction of sp³-hybridized carbons (Fsp3) is 0.263. The number of benzene rings is 2. The van der Waals surface area contributed by atoms with E-state index >= 15 is 0 Å². The minimum Gasteiger partial charge on any atom is -0.481 e. The lowest BCUT2D eigenvalue weighted by molar-refractivity contribution is -0.141. The number of carboxylic acid groups (broad SMARTS) is 1. The van der Waals surface area contributed by atoms with E-state index in [1.54, 1.807) is 14.0 Å². The van der Waals surface area contributed by atoms with E-state index in [-0.39, 0.29) is 5.92 Å². The van der Waals surface area contributed by atoms with E-state index in [0.717, 1.165) is 22.4 Å². The highest BCUT2D eigenvalue weighted by Crippen LogP contribution is 2.23. The Kier molecular flexibility index (Phi) is 5.10. The Morgan fingerprint density at radius 1 is 0.909 bits per heavy atom. The fourth-order valence-electron chi connectivity index (χ4n) is 2.51. The number of nitrogens with zero attached hydrogens (tertiary/aromatic N) is 1. The van der Waals surface area contributed by atoms with Gasteiger partial charge in [0.15, 0.2) is 0 Å². The van der Waals surface area contributed by atoms with E-state index in [2.05, 4.69) is 17.1 Å². The number of aliphatic carboxylic acids is 1. The first-order valence-electron chi connectivity index (χ1n) is 7.40. The van der Waals surface area contributed by atoms with Crippen LogP contribution in [0, 0.1) is 11.8 Å². The minimum absolute atomic E-state index is 0.134. The molecule has 0 aliphatic heterocycles. The molecule has 114 valence electrons. The molecule has 2 atom stereocenters. The summed E-state index contributed by atoms with van der Waals surface area (Å²) >= 11 is 0. The molecule has 2 rings (SSSR count). The predicted molar refractivity (Wildman–Crippen MR) is 90.3 cm³/mol. The van der Waals surface area contributed by atoms with Crippen LogP contribution in [-0.4, -0.2) is 23.8 Å². The Labute approximate surface area is 131 Å². The van der Waals surface area contributed by atoms with E-state index in [0.29, 0.717) is 0 Å². The summed E-state index contributed by atoms with van der Waals surface area (Å²) in [5.74, 6) is -1.40. The molecule has 0 fully saturated rings. The van der Waals surface area contributed by atoms with Crippen molar-refractivity contribution in [1.29, 1.82) is 0 Å². The Morgan fingerprint density at radius 3 is 1.95 bits per heavy atom. The van der Waals surface area contributed by atoms with Crippen molar-refractivity contribution >= 4 is 11.7 Å². The molecule has 0 saturated heterocycles. The third kappa shape index (κ3) is 3.42. The molecule has 0 amide bonds. The monoisotopic (exact) mass is 295 g/mol. The molecule has 22 heavy (non-hydrogen) atoms. The van der Waals surface area contributed by atoms with Gasteiger partial charge in [-0.1, -0.05) is 68.4 Å². The van der Waals surface area contributed by atoms with Crippen LogP contribution >= 0.6 is 0 Å². The van der Waals surface area contributed by atoms with Crippen LogP contribution in [0.2, 0.25) is 0 Å². The summed E-state index contributed by atoms with van der Waals surface area (Å²) < 4.78 is 0. The zero-order valence-electron chi connectivity index (χ0n) is 13.2. The molecule has 0 aromatic heterocycles. The number of hydrogen-bond acceptors (Lipinski definition) is 2. The standard InChI is InChI=1S/C19H21NO2/c1-13(14(2)19(21)22)18(20-3)17-11-9-16(10-12-17)15-7-5-4-6-8-15/h4-14H,1-3H3,(H,21,22). The van der Waals surface area contributed by atoms with Crippen molar-refractivity contribution < 1.29 is 9.90 Å². The quantitative estimate of drug-likeness (QED) is 0.843. The van der Waals surface area contributed by atoms with Crippen molar-refractivity contribution in [3.63, 3.8) is 0 Å². The fourth-order valence-corrected chi connectivity index (χ4v) is 2.51. The van der Waals surface area contributed by atoms with Gasteiger partial charge in [0.1, 0.15) is 0 Å². The molecule has 0 saturated carbocycles. The second-order valence-corrected chi connectivity index (χ2v) is 5.47. The molecule has 2 aromatic rings. The summed E-state index contributed by atoms with van der Waals surface area (Å²) in [6.07, 6.45) is 0. The number of carbonyl (C=O) groups is 1. The highest BCUT2D eigenvalue weighted by Gasteiger charge is 2.24. The van der Waals surface area contributed by atoms with Crippen molar-refractivity contribution in [3.8, 4) is 11.1 Å². The molecule has 0 spiro atoms. The van der Waals surface area contributed by atoms with Crippen LogP contribution < -0.4 is 0 Å². The molecule has 0 heterocycles. The number of carboxylic acids is 1. The smallest absolute Gasteiger partial charge is 0.306 e. The topological polar surface area (TPSA) is 49.7 Å². The van der Waals surface area contributed by atoms with E-state index in [1.165, 1.54) is 0 Å². The molecule has 2 unspecified atom stereocenters.